The molecule has 1 fully saturated rings. The Morgan fingerprint density at radius 3 is 2.31 bits per heavy atom. The van der Waals surface area contributed by atoms with Crippen molar-refractivity contribution in [3.05, 3.63) is 99.7 Å². The third kappa shape index (κ3) is 4.31. The summed E-state index contributed by atoms with van der Waals surface area (Å²) in [5.74, 6) is 0.324. The average Bonchev–Trinajstić information content (AvgIpc) is 3.13. The molecule has 1 saturated heterocycles. The molecular formula is C29H31ClN2O2S. The quantitative estimate of drug-likeness (QED) is 0.297. The summed E-state index contributed by atoms with van der Waals surface area (Å²) in [5.41, 5.74) is 7.12. The number of hydrogen-bond donors (Lipinski definition) is 0. The molecule has 5 rings (SSSR count). The standard InChI is InChI=1S/C29H31ClN2O2S/c1-20-9-4-5-10-24(20)19-32-22(3)29(25-11-6-7-13-27(25)32)23-15-17-31(18-16-23)35(33,34)28-14-8-12-26(30)21(28)2/h4-14,23H,15-19H2,1-3H3. The summed E-state index contributed by atoms with van der Waals surface area (Å²) < 4.78 is 30.8. The zero-order chi connectivity index (χ0) is 24.7. The molecule has 0 bridgehead atoms. The van der Waals surface area contributed by atoms with Gasteiger partial charge in [0.25, 0.3) is 0 Å². The van der Waals surface area contributed by atoms with Crippen LogP contribution in [-0.4, -0.2) is 30.4 Å². The van der Waals surface area contributed by atoms with Gasteiger partial charge in [-0.1, -0.05) is 60.1 Å². The van der Waals surface area contributed by atoms with Gasteiger partial charge in [0.15, 0.2) is 0 Å². The van der Waals surface area contributed by atoms with E-state index < -0.39 is 10.0 Å². The normalized spacial score (nSPS) is 15.7. The second kappa shape index (κ2) is 9.45. The van der Waals surface area contributed by atoms with Crippen molar-refractivity contribution in [3.8, 4) is 0 Å². The Morgan fingerprint density at radius 2 is 1.57 bits per heavy atom. The average molecular weight is 507 g/mol. The van der Waals surface area contributed by atoms with Crippen LogP contribution in [0.5, 0.6) is 0 Å². The zero-order valence-electron chi connectivity index (χ0n) is 20.5. The molecule has 0 N–H and O–H groups in total. The molecule has 4 aromatic rings. The highest BCUT2D eigenvalue weighted by Crippen LogP contribution is 2.39. The second-order valence-corrected chi connectivity index (χ2v) is 11.9. The predicted octanol–water partition coefficient (Wildman–Crippen LogP) is 6.84. The number of fused-ring (bicyclic) bond motifs is 1. The molecule has 3 aromatic carbocycles. The Morgan fingerprint density at radius 1 is 0.886 bits per heavy atom. The van der Waals surface area contributed by atoms with E-state index in [0.29, 0.717) is 34.5 Å². The number of para-hydroxylation sites is 1. The topological polar surface area (TPSA) is 42.3 Å². The summed E-state index contributed by atoms with van der Waals surface area (Å²) in [4.78, 5) is 0.314. The van der Waals surface area contributed by atoms with E-state index in [-0.39, 0.29) is 0 Å². The smallest absolute Gasteiger partial charge is 0.243 e. The van der Waals surface area contributed by atoms with Crippen LogP contribution >= 0.6 is 11.6 Å². The molecular weight excluding hydrogens is 476 g/mol. The molecule has 0 amide bonds. The summed E-state index contributed by atoms with van der Waals surface area (Å²) in [5, 5.41) is 1.77. The van der Waals surface area contributed by atoms with Crippen molar-refractivity contribution in [2.75, 3.05) is 13.1 Å². The summed E-state index contributed by atoms with van der Waals surface area (Å²) in [6.45, 7) is 8.00. The molecule has 6 heteroatoms. The number of sulfonamides is 1. The van der Waals surface area contributed by atoms with E-state index in [1.54, 1.807) is 29.4 Å². The van der Waals surface area contributed by atoms with Crippen molar-refractivity contribution in [3.63, 3.8) is 0 Å². The van der Waals surface area contributed by atoms with E-state index in [4.69, 9.17) is 11.6 Å². The third-order valence-electron chi connectivity index (χ3n) is 7.57. The van der Waals surface area contributed by atoms with Gasteiger partial charge < -0.3 is 4.57 Å². The molecule has 1 aromatic heterocycles. The Balaban J connectivity index is 1.44. The summed E-state index contributed by atoms with van der Waals surface area (Å²) >= 11 is 6.22. The molecule has 35 heavy (non-hydrogen) atoms. The molecule has 1 aliphatic rings. The first-order chi connectivity index (χ1) is 16.8. The number of aryl methyl sites for hydroxylation is 1. The van der Waals surface area contributed by atoms with Crippen LogP contribution in [0.1, 0.15) is 46.7 Å². The van der Waals surface area contributed by atoms with E-state index in [9.17, 15) is 8.42 Å². The molecule has 0 atom stereocenters. The lowest BCUT2D eigenvalue weighted by Gasteiger charge is -2.32. The molecule has 0 spiro atoms. The third-order valence-corrected chi connectivity index (χ3v) is 10.0. The van der Waals surface area contributed by atoms with Crippen molar-refractivity contribution >= 4 is 32.5 Å². The molecule has 0 saturated carbocycles. The van der Waals surface area contributed by atoms with Gasteiger partial charge in [0.05, 0.1) is 4.90 Å². The molecule has 1 aliphatic heterocycles. The Bertz CT molecular complexity index is 1500. The Labute approximate surface area is 213 Å². The summed E-state index contributed by atoms with van der Waals surface area (Å²) in [6.07, 6.45) is 1.61. The Hall–Kier alpha value is -2.60. The highest BCUT2D eigenvalue weighted by molar-refractivity contribution is 7.89. The number of aromatic nitrogens is 1. The van der Waals surface area contributed by atoms with Crippen LogP contribution in [0.15, 0.2) is 71.6 Å². The highest BCUT2D eigenvalue weighted by atomic mass is 35.5. The van der Waals surface area contributed by atoms with Gasteiger partial charge in [0.1, 0.15) is 0 Å². The van der Waals surface area contributed by atoms with Gasteiger partial charge in [0, 0.05) is 41.3 Å². The van der Waals surface area contributed by atoms with E-state index in [0.717, 1.165) is 19.4 Å². The fourth-order valence-electron chi connectivity index (χ4n) is 5.53. The van der Waals surface area contributed by atoms with Crippen LogP contribution in [0.25, 0.3) is 10.9 Å². The number of benzene rings is 3. The first kappa shape index (κ1) is 24.1. The van der Waals surface area contributed by atoms with Crippen LogP contribution in [0.3, 0.4) is 0 Å². The Kier molecular flexibility index (Phi) is 6.51. The lowest BCUT2D eigenvalue weighted by molar-refractivity contribution is 0.319. The van der Waals surface area contributed by atoms with Crippen molar-refractivity contribution < 1.29 is 8.42 Å². The molecule has 4 nitrogen and oxygen atoms in total. The monoisotopic (exact) mass is 506 g/mol. The largest absolute Gasteiger partial charge is 0.340 e. The molecule has 182 valence electrons. The lowest BCUT2D eigenvalue weighted by atomic mass is 9.88. The van der Waals surface area contributed by atoms with Crippen LogP contribution < -0.4 is 0 Å². The van der Waals surface area contributed by atoms with Gasteiger partial charge in [-0.05, 0) is 80.0 Å². The van der Waals surface area contributed by atoms with E-state index in [2.05, 4.69) is 66.9 Å². The van der Waals surface area contributed by atoms with Crippen molar-refractivity contribution in [2.24, 2.45) is 0 Å². The van der Waals surface area contributed by atoms with Gasteiger partial charge in [-0.15, -0.1) is 0 Å². The maximum Gasteiger partial charge on any atom is 0.243 e. The number of halogens is 1. The summed E-state index contributed by atoms with van der Waals surface area (Å²) in [6, 6.07) is 22.3. The number of hydrogen-bond acceptors (Lipinski definition) is 2. The lowest BCUT2D eigenvalue weighted by Crippen LogP contribution is -2.38. The van der Waals surface area contributed by atoms with Gasteiger partial charge >= 0.3 is 0 Å². The second-order valence-electron chi connectivity index (χ2n) is 9.57. The maximum absolute atomic E-state index is 13.4. The molecule has 2 heterocycles. The summed E-state index contributed by atoms with van der Waals surface area (Å²) in [7, 11) is -3.57. The van der Waals surface area contributed by atoms with Gasteiger partial charge in [-0.25, -0.2) is 8.42 Å². The fraction of sp³-hybridized carbons (Fsp3) is 0.310. The van der Waals surface area contributed by atoms with Crippen molar-refractivity contribution in [2.45, 2.75) is 51.0 Å². The number of nitrogens with zero attached hydrogens (tertiary/aromatic N) is 2. The zero-order valence-corrected chi connectivity index (χ0v) is 22.0. The number of rotatable bonds is 5. The minimum atomic E-state index is -3.57. The van der Waals surface area contributed by atoms with Crippen LogP contribution in [0.2, 0.25) is 5.02 Å². The molecule has 0 aliphatic carbocycles. The van der Waals surface area contributed by atoms with E-state index >= 15 is 0 Å². The minimum absolute atomic E-state index is 0.314. The van der Waals surface area contributed by atoms with Crippen LogP contribution in [0, 0.1) is 20.8 Å². The van der Waals surface area contributed by atoms with Crippen LogP contribution in [-0.2, 0) is 16.6 Å². The maximum atomic E-state index is 13.4. The number of piperidine rings is 1. The van der Waals surface area contributed by atoms with Crippen molar-refractivity contribution in [1.29, 1.82) is 0 Å². The van der Waals surface area contributed by atoms with Crippen LogP contribution in [0.4, 0.5) is 0 Å². The van der Waals surface area contributed by atoms with Gasteiger partial charge in [-0.2, -0.15) is 4.31 Å². The first-order valence-corrected chi connectivity index (χ1v) is 14.0. The molecule has 0 unspecified atom stereocenters. The molecule has 0 radical (unpaired) electrons. The SMILES string of the molecule is Cc1ccccc1Cn1c(C)c(C2CCN(S(=O)(=O)c3cccc(Cl)c3C)CC2)c2ccccc21. The van der Waals surface area contributed by atoms with Gasteiger partial charge in [0.2, 0.25) is 10.0 Å². The fourth-order valence-corrected chi connectivity index (χ4v) is 7.47. The van der Waals surface area contributed by atoms with E-state index in [1.165, 1.54) is 33.3 Å². The van der Waals surface area contributed by atoms with E-state index in [1.807, 2.05) is 0 Å². The first-order valence-electron chi connectivity index (χ1n) is 12.2. The minimum Gasteiger partial charge on any atom is -0.340 e. The predicted molar refractivity (Wildman–Crippen MR) is 144 cm³/mol. The van der Waals surface area contributed by atoms with Gasteiger partial charge in [-0.3, -0.25) is 0 Å². The highest BCUT2D eigenvalue weighted by Gasteiger charge is 2.33. The van der Waals surface area contributed by atoms with Crippen molar-refractivity contribution in [1.82, 2.24) is 8.87 Å².